The van der Waals surface area contributed by atoms with Gasteiger partial charge in [-0.05, 0) is 6.92 Å². The first-order valence-electron chi connectivity index (χ1n) is 4.03. The molecule has 0 saturated carbocycles. The number of rotatable bonds is 5. The molecule has 0 aromatic heterocycles. The predicted octanol–water partition coefficient (Wildman–Crippen LogP) is 0.167. The molecule has 0 aliphatic carbocycles. The van der Waals surface area contributed by atoms with Crippen LogP contribution in [0.15, 0.2) is 0 Å². The molecule has 1 atom stereocenters. The Bertz CT molecular complexity index is 195. The summed E-state index contributed by atoms with van der Waals surface area (Å²) in [5.74, 6) is -0.345. The van der Waals surface area contributed by atoms with Crippen LogP contribution in [0.4, 0.5) is 13.2 Å². The summed E-state index contributed by atoms with van der Waals surface area (Å²) in [7, 11) is 0. The molecule has 0 bridgehead atoms. The number of hydrogen-bond donors (Lipinski definition) is 3. The fraction of sp³-hybridized carbons (Fsp3) is 0.857. The number of alkyl halides is 3. The Labute approximate surface area is 80.0 Å². The molecule has 0 spiro atoms. The summed E-state index contributed by atoms with van der Waals surface area (Å²) in [6.07, 6.45) is -4.35. The summed E-state index contributed by atoms with van der Waals surface area (Å²) in [4.78, 5) is 0.905. The smallest absolute Gasteiger partial charge is 0.395 e. The number of aliphatic hydroxyl groups is 1. The van der Waals surface area contributed by atoms with E-state index >= 15 is 0 Å². The van der Waals surface area contributed by atoms with Gasteiger partial charge in [-0.25, -0.2) is 0 Å². The lowest BCUT2D eigenvalue weighted by molar-refractivity contribution is -0.148. The Morgan fingerprint density at radius 2 is 2.07 bits per heavy atom. The number of halogens is 3. The molecular weight excluding hydrogens is 199 g/mol. The molecule has 1 unspecified atom stereocenters. The van der Waals surface area contributed by atoms with Crippen LogP contribution in [0.25, 0.3) is 0 Å². The first-order valence-corrected chi connectivity index (χ1v) is 4.03. The van der Waals surface area contributed by atoms with E-state index in [1.54, 1.807) is 0 Å². The van der Waals surface area contributed by atoms with Crippen LogP contribution in [0, 0.1) is 5.41 Å². The third kappa shape index (κ3) is 5.03. The maximum absolute atomic E-state index is 12.0. The van der Waals surface area contributed by atoms with Crippen molar-refractivity contribution in [3.05, 3.63) is 0 Å². The normalized spacial score (nSPS) is 14.4. The van der Waals surface area contributed by atoms with Gasteiger partial charge in [-0.15, -0.1) is 0 Å². The van der Waals surface area contributed by atoms with E-state index in [2.05, 4.69) is 0 Å². The molecule has 0 aromatic rings. The lowest BCUT2D eigenvalue weighted by atomic mass is 10.2. The number of hydrogen-bond acceptors (Lipinski definition) is 3. The third-order valence-corrected chi connectivity index (χ3v) is 1.77. The van der Waals surface area contributed by atoms with E-state index in [0.717, 1.165) is 4.90 Å². The van der Waals surface area contributed by atoms with Crippen LogP contribution in [0.1, 0.15) is 6.92 Å². The van der Waals surface area contributed by atoms with Crippen molar-refractivity contribution in [3.63, 3.8) is 0 Å². The van der Waals surface area contributed by atoms with Crippen molar-refractivity contribution in [2.24, 2.45) is 5.73 Å². The maximum Gasteiger partial charge on any atom is 0.401 e. The Morgan fingerprint density at radius 3 is 2.36 bits per heavy atom. The minimum atomic E-state index is -4.35. The van der Waals surface area contributed by atoms with Crippen LogP contribution in [-0.4, -0.2) is 47.8 Å². The van der Waals surface area contributed by atoms with Crippen molar-refractivity contribution in [1.82, 2.24) is 4.90 Å². The van der Waals surface area contributed by atoms with Crippen molar-refractivity contribution >= 4 is 5.84 Å². The van der Waals surface area contributed by atoms with Crippen molar-refractivity contribution in [2.75, 3.05) is 19.7 Å². The number of aliphatic hydroxyl groups excluding tert-OH is 1. The quantitative estimate of drug-likeness (QED) is 0.450. The highest BCUT2D eigenvalue weighted by molar-refractivity contribution is 5.82. The van der Waals surface area contributed by atoms with Gasteiger partial charge in [-0.1, -0.05) is 0 Å². The summed E-state index contributed by atoms with van der Waals surface area (Å²) < 4.78 is 36.1. The number of nitrogens with zero attached hydrogens (tertiary/aromatic N) is 1. The molecular formula is C7H14F3N3O. The van der Waals surface area contributed by atoms with E-state index in [4.69, 9.17) is 16.2 Å². The molecule has 0 aliphatic rings. The molecule has 0 heterocycles. The number of amidine groups is 1. The van der Waals surface area contributed by atoms with Gasteiger partial charge in [-0.2, -0.15) is 13.2 Å². The molecule has 0 rings (SSSR count). The molecule has 0 aromatic carbocycles. The van der Waals surface area contributed by atoms with Crippen LogP contribution in [-0.2, 0) is 0 Å². The lowest BCUT2D eigenvalue weighted by Crippen LogP contribution is -2.47. The fourth-order valence-corrected chi connectivity index (χ4v) is 0.965. The van der Waals surface area contributed by atoms with E-state index in [1.807, 2.05) is 0 Å². The molecule has 84 valence electrons. The average molecular weight is 213 g/mol. The van der Waals surface area contributed by atoms with Gasteiger partial charge in [0.2, 0.25) is 0 Å². The van der Waals surface area contributed by atoms with E-state index in [0.29, 0.717) is 0 Å². The minimum absolute atomic E-state index is 0.153. The van der Waals surface area contributed by atoms with Gasteiger partial charge in [0.25, 0.3) is 0 Å². The summed E-state index contributed by atoms with van der Waals surface area (Å²) in [5.41, 5.74) is 5.08. The monoisotopic (exact) mass is 213 g/mol. The van der Waals surface area contributed by atoms with Crippen LogP contribution >= 0.6 is 0 Å². The van der Waals surface area contributed by atoms with E-state index in [9.17, 15) is 13.2 Å². The Balaban J connectivity index is 4.36. The van der Waals surface area contributed by atoms with Crippen molar-refractivity contribution < 1.29 is 18.3 Å². The average Bonchev–Trinajstić information content (AvgIpc) is 1.99. The molecule has 7 heteroatoms. The standard InChI is InChI=1S/C7H14F3N3O/c1-5(6(11)12)13(2-3-14)4-7(8,9)10/h5,14H,2-4H2,1H3,(H3,11,12). The fourth-order valence-electron chi connectivity index (χ4n) is 0.965. The van der Waals surface area contributed by atoms with Crippen molar-refractivity contribution in [2.45, 2.75) is 19.1 Å². The molecule has 14 heavy (non-hydrogen) atoms. The van der Waals surface area contributed by atoms with E-state index in [-0.39, 0.29) is 12.4 Å². The topological polar surface area (TPSA) is 73.3 Å². The van der Waals surface area contributed by atoms with Crippen LogP contribution in [0.2, 0.25) is 0 Å². The van der Waals surface area contributed by atoms with Crippen molar-refractivity contribution in [3.8, 4) is 0 Å². The zero-order chi connectivity index (χ0) is 11.4. The van der Waals surface area contributed by atoms with Crippen LogP contribution in [0.3, 0.4) is 0 Å². The largest absolute Gasteiger partial charge is 0.401 e. The molecule has 0 saturated heterocycles. The highest BCUT2D eigenvalue weighted by Crippen LogP contribution is 2.17. The molecule has 0 radical (unpaired) electrons. The Morgan fingerprint density at radius 1 is 1.57 bits per heavy atom. The van der Waals surface area contributed by atoms with Gasteiger partial charge in [-0.3, -0.25) is 10.3 Å². The van der Waals surface area contributed by atoms with E-state index < -0.39 is 25.4 Å². The van der Waals surface area contributed by atoms with Crippen LogP contribution in [0.5, 0.6) is 0 Å². The Hall–Kier alpha value is -0.820. The molecule has 4 nitrogen and oxygen atoms in total. The molecule has 0 fully saturated rings. The maximum atomic E-state index is 12.0. The minimum Gasteiger partial charge on any atom is -0.395 e. The zero-order valence-corrected chi connectivity index (χ0v) is 7.80. The van der Waals surface area contributed by atoms with Gasteiger partial charge in [0.15, 0.2) is 0 Å². The molecule has 4 N–H and O–H groups in total. The van der Waals surface area contributed by atoms with E-state index in [1.165, 1.54) is 6.92 Å². The highest BCUT2D eigenvalue weighted by Gasteiger charge is 2.33. The zero-order valence-electron chi connectivity index (χ0n) is 7.80. The van der Waals surface area contributed by atoms with Gasteiger partial charge in [0.05, 0.1) is 19.2 Å². The van der Waals surface area contributed by atoms with Gasteiger partial charge >= 0.3 is 6.18 Å². The highest BCUT2D eigenvalue weighted by atomic mass is 19.4. The van der Waals surface area contributed by atoms with Gasteiger partial charge in [0, 0.05) is 6.54 Å². The summed E-state index contributed by atoms with van der Waals surface area (Å²) in [6, 6.07) is -0.816. The summed E-state index contributed by atoms with van der Waals surface area (Å²) in [6.45, 7) is -0.327. The molecule has 0 amide bonds. The second kappa shape index (κ2) is 5.16. The number of nitrogens with two attached hydrogens (primary N) is 1. The molecule has 0 aliphatic heterocycles. The second-order valence-electron chi connectivity index (χ2n) is 2.94. The predicted molar refractivity (Wildman–Crippen MR) is 46.1 cm³/mol. The summed E-state index contributed by atoms with van der Waals surface area (Å²) >= 11 is 0. The number of nitrogens with one attached hydrogen (secondary N) is 1. The van der Waals surface area contributed by atoms with Crippen LogP contribution < -0.4 is 5.73 Å². The Kier molecular flexibility index (Phi) is 4.86. The van der Waals surface area contributed by atoms with Gasteiger partial charge < -0.3 is 10.8 Å². The van der Waals surface area contributed by atoms with Gasteiger partial charge in [0.1, 0.15) is 5.84 Å². The lowest BCUT2D eigenvalue weighted by Gasteiger charge is -2.28. The summed E-state index contributed by atoms with van der Waals surface area (Å²) in [5, 5.41) is 15.5. The first-order chi connectivity index (χ1) is 6.28. The third-order valence-electron chi connectivity index (χ3n) is 1.77. The van der Waals surface area contributed by atoms with Crippen molar-refractivity contribution in [1.29, 1.82) is 5.41 Å². The SMILES string of the molecule is CC(C(=N)N)N(CCO)CC(F)(F)F. The second-order valence-corrected chi connectivity index (χ2v) is 2.94. The first kappa shape index (κ1) is 13.2.